The first-order valence-corrected chi connectivity index (χ1v) is 10.9. The molecule has 0 bridgehead atoms. The number of rotatable bonds is 4. The van der Waals surface area contributed by atoms with Gasteiger partial charge in [-0.25, -0.2) is 8.42 Å². The summed E-state index contributed by atoms with van der Waals surface area (Å²) in [4.78, 5) is 12.2. The zero-order valence-corrected chi connectivity index (χ0v) is 16.9. The van der Waals surface area contributed by atoms with Gasteiger partial charge in [-0.05, 0) is 35.9 Å². The summed E-state index contributed by atoms with van der Waals surface area (Å²) < 4.78 is 71.4. The van der Waals surface area contributed by atoms with Crippen LogP contribution in [0.15, 0.2) is 41.3 Å². The Balaban J connectivity index is 1.53. The highest BCUT2D eigenvalue weighted by Crippen LogP contribution is 2.37. The average molecular weight is 457 g/mol. The van der Waals surface area contributed by atoms with Gasteiger partial charge < -0.3 is 9.64 Å². The normalized spacial score (nSPS) is 17.3. The molecule has 0 aromatic heterocycles. The summed E-state index contributed by atoms with van der Waals surface area (Å²) in [5.74, 6) is 0.665. The summed E-state index contributed by atoms with van der Waals surface area (Å²) in [6.07, 6.45) is -4.07. The lowest BCUT2D eigenvalue weighted by atomic mass is 10.1. The van der Waals surface area contributed by atoms with Crippen molar-refractivity contribution < 1.29 is 31.2 Å². The molecule has 0 radical (unpaired) electrons. The summed E-state index contributed by atoms with van der Waals surface area (Å²) in [6, 6.07) is 7.04. The van der Waals surface area contributed by atoms with Crippen LogP contribution in [0.1, 0.15) is 11.1 Å². The highest BCUT2D eigenvalue weighted by molar-refractivity contribution is 7.89. The van der Waals surface area contributed by atoms with E-state index in [1.165, 1.54) is 15.3 Å². The molecule has 0 aliphatic carbocycles. The number of halogens is 3. The molecular formula is C19H18F3N3O5S. The van der Waals surface area contributed by atoms with E-state index in [0.717, 1.165) is 17.7 Å². The van der Waals surface area contributed by atoms with E-state index in [0.29, 0.717) is 24.8 Å². The molecule has 12 heteroatoms. The Morgan fingerprint density at radius 3 is 2.39 bits per heavy atom. The van der Waals surface area contributed by atoms with E-state index >= 15 is 0 Å². The molecule has 0 saturated carbocycles. The summed E-state index contributed by atoms with van der Waals surface area (Å²) in [7, 11) is -3.77. The molecule has 0 atom stereocenters. The third-order valence-electron chi connectivity index (χ3n) is 5.38. The molecule has 2 aliphatic heterocycles. The van der Waals surface area contributed by atoms with Crippen LogP contribution in [0.3, 0.4) is 0 Å². The molecule has 1 saturated heterocycles. The number of benzene rings is 2. The molecule has 4 rings (SSSR count). The fraction of sp³-hybridized carbons (Fsp3) is 0.368. The second-order valence-electron chi connectivity index (χ2n) is 7.22. The van der Waals surface area contributed by atoms with Gasteiger partial charge in [0.1, 0.15) is 11.4 Å². The Bertz CT molecular complexity index is 1130. The highest BCUT2D eigenvalue weighted by atomic mass is 32.2. The number of ether oxygens (including phenoxy) is 1. The molecular weight excluding hydrogens is 439 g/mol. The number of piperazine rings is 1. The third kappa shape index (κ3) is 4.04. The third-order valence-corrected chi connectivity index (χ3v) is 7.27. The van der Waals surface area contributed by atoms with Crippen molar-refractivity contribution >= 4 is 21.4 Å². The van der Waals surface area contributed by atoms with E-state index in [2.05, 4.69) is 0 Å². The van der Waals surface area contributed by atoms with Gasteiger partial charge in [-0.15, -0.1) is 0 Å². The number of nitro groups is 1. The van der Waals surface area contributed by atoms with Crippen LogP contribution in [-0.2, 0) is 22.6 Å². The number of hydrogen-bond donors (Lipinski definition) is 0. The first kappa shape index (κ1) is 21.4. The molecule has 2 heterocycles. The number of alkyl halides is 3. The molecule has 0 amide bonds. The van der Waals surface area contributed by atoms with Gasteiger partial charge in [0.2, 0.25) is 10.0 Å². The van der Waals surface area contributed by atoms with E-state index in [4.69, 9.17) is 4.74 Å². The van der Waals surface area contributed by atoms with Gasteiger partial charge in [-0.3, -0.25) is 10.1 Å². The molecule has 0 N–H and O–H groups in total. The standard InChI is InChI=1S/C19H18F3N3O5S/c20-19(21,22)14-1-3-16(17(12-14)25(26)27)23-6-8-24(9-7-23)31(28,29)15-2-4-18-13(11-15)5-10-30-18/h1-4,11-12H,5-10H2. The smallest absolute Gasteiger partial charge is 0.416 e. The number of fused-ring (bicyclic) bond motifs is 1. The molecule has 166 valence electrons. The Hall–Kier alpha value is -2.86. The Labute approximate surface area is 176 Å². The summed E-state index contributed by atoms with van der Waals surface area (Å²) >= 11 is 0. The lowest BCUT2D eigenvalue weighted by Crippen LogP contribution is -2.48. The van der Waals surface area contributed by atoms with Crippen LogP contribution in [0.25, 0.3) is 0 Å². The van der Waals surface area contributed by atoms with Crippen molar-refractivity contribution in [2.45, 2.75) is 17.5 Å². The molecule has 2 aromatic rings. The molecule has 1 fully saturated rings. The molecule has 8 nitrogen and oxygen atoms in total. The van der Waals surface area contributed by atoms with E-state index in [9.17, 15) is 31.7 Å². The zero-order valence-electron chi connectivity index (χ0n) is 16.1. The average Bonchev–Trinajstić information content (AvgIpc) is 3.20. The van der Waals surface area contributed by atoms with Gasteiger partial charge in [0.25, 0.3) is 5.69 Å². The van der Waals surface area contributed by atoms with Crippen LogP contribution in [0.5, 0.6) is 5.75 Å². The SMILES string of the molecule is O=[N+]([O-])c1cc(C(F)(F)F)ccc1N1CCN(S(=O)(=O)c2ccc3c(c2)CCO3)CC1. The van der Waals surface area contributed by atoms with Crippen LogP contribution >= 0.6 is 0 Å². The lowest BCUT2D eigenvalue weighted by Gasteiger charge is -2.35. The van der Waals surface area contributed by atoms with E-state index in [1.807, 2.05) is 0 Å². The maximum absolute atomic E-state index is 13.0. The molecule has 0 spiro atoms. The summed E-state index contributed by atoms with van der Waals surface area (Å²) in [6.45, 7) is 0.824. The lowest BCUT2D eigenvalue weighted by molar-refractivity contribution is -0.384. The van der Waals surface area contributed by atoms with Crippen LogP contribution in [0.4, 0.5) is 24.5 Å². The van der Waals surface area contributed by atoms with Crippen molar-refractivity contribution in [1.29, 1.82) is 0 Å². The fourth-order valence-electron chi connectivity index (χ4n) is 3.76. The maximum Gasteiger partial charge on any atom is 0.416 e. The Kier molecular flexibility index (Phi) is 5.30. The second kappa shape index (κ2) is 7.68. The first-order valence-electron chi connectivity index (χ1n) is 9.44. The topological polar surface area (TPSA) is 93.0 Å². The molecule has 2 aromatic carbocycles. The van der Waals surface area contributed by atoms with Gasteiger partial charge in [-0.2, -0.15) is 17.5 Å². The van der Waals surface area contributed by atoms with Gasteiger partial charge in [0, 0.05) is 38.7 Å². The van der Waals surface area contributed by atoms with Crippen LogP contribution < -0.4 is 9.64 Å². The Morgan fingerprint density at radius 2 is 1.74 bits per heavy atom. The number of nitro benzene ring substituents is 1. The van der Waals surface area contributed by atoms with E-state index in [1.54, 1.807) is 12.1 Å². The van der Waals surface area contributed by atoms with Crippen LogP contribution in [-0.4, -0.2) is 50.4 Å². The van der Waals surface area contributed by atoms with E-state index in [-0.39, 0.29) is 36.8 Å². The van der Waals surface area contributed by atoms with Gasteiger partial charge >= 0.3 is 6.18 Å². The summed E-state index contributed by atoms with van der Waals surface area (Å²) in [5, 5.41) is 11.3. The minimum absolute atomic E-state index is 0.0322. The van der Waals surface area contributed by atoms with Crippen molar-refractivity contribution in [3.63, 3.8) is 0 Å². The largest absolute Gasteiger partial charge is 0.493 e. The molecule has 2 aliphatic rings. The van der Waals surface area contributed by atoms with Gasteiger partial charge in [0.05, 0.1) is 22.0 Å². The van der Waals surface area contributed by atoms with E-state index < -0.39 is 32.4 Å². The van der Waals surface area contributed by atoms with Crippen LogP contribution in [0, 0.1) is 10.1 Å². The number of anilines is 1. The van der Waals surface area contributed by atoms with Crippen molar-refractivity contribution in [2.24, 2.45) is 0 Å². The molecule has 31 heavy (non-hydrogen) atoms. The molecule has 0 unspecified atom stereocenters. The zero-order chi connectivity index (χ0) is 22.4. The number of nitrogens with zero attached hydrogens (tertiary/aromatic N) is 3. The minimum atomic E-state index is -4.70. The number of hydrogen-bond acceptors (Lipinski definition) is 6. The van der Waals surface area contributed by atoms with Crippen LogP contribution in [0.2, 0.25) is 0 Å². The van der Waals surface area contributed by atoms with Crippen molar-refractivity contribution in [2.75, 3.05) is 37.7 Å². The monoisotopic (exact) mass is 457 g/mol. The Morgan fingerprint density at radius 1 is 1.03 bits per heavy atom. The maximum atomic E-state index is 13.0. The van der Waals surface area contributed by atoms with Crippen molar-refractivity contribution in [3.8, 4) is 5.75 Å². The van der Waals surface area contributed by atoms with Gasteiger partial charge in [-0.1, -0.05) is 0 Å². The second-order valence-corrected chi connectivity index (χ2v) is 9.16. The quantitative estimate of drug-likeness (QED) is 0.518. The minimum Gasteiger partial charge on any atom is -0.493 e. The van der Waals surface area contributed by atoms with Crippen molar-refractivity contribution in [1.82, 2.24) is 4.31 Å². The van der Waals surface area contributed by atoms with Crippen molar-refractivity contribution in [3.05, 3.63) is 57.6 Å². The summed E-state index contributed by atoms with van der Waals surface area (Å²) in [5.41, 5.74) is -0.917. The number of sulfonamides is 1. The highest BCUT2D eigenvalue weighted by Gasteiger charge is 2.35. The predicted molar refractivity (Wildman–Crippen MR) is 105 cm³/mol. The predicted octanol–water partition coefficient (Wildman–Crippen LogP) is 3.06. The first-order chi connectivity index (χ1) is 14.6. The van der Waals surface area contributed by atoms with Gasteiger partial charge in [0.15, 0.2) is 0 Å². The fourth-order valence-corrected chi connectivity index (χ4v) is 5.23.